The Hall–Kier alpha value is -0.0400. The van der Waals surface area contributed by atoms with Crippen LogP contribution in [-0.4, -0.2) is 12.6 Å². The van der Waals surface area contributed by atoms with Gasteiger partial charge in [-0.1, -0.05) is 96.8 Å². The molecular weight excluding hydrogens is 254 g/mol. The molecule has 1 nitrogen and oxygen atoms in total. The van der Waals surface area contributed by atoms with Crippen LogP contribution in [0.4, 0.5) is 0 Å². The lowest BCUT2D eigenvalue weighted by Gasteiger charge is -2.22. The molecule has 0 radical (unpaired) electrons. The molecule has 0 saturated heterocycles. The number of rotatable bonds is 14. The Morgan fingerprint density at radius 2 is 1.10 bits per heavy atom. The van der Waals surface area contributed by atoms with Crippen molar-refractivity contribution in [2.75, 3.05) is 6.54 Å². The molecule has 0 spiro atoms. The van der Waals surface area contributed by atoms with Crippen LogP contribution in [0.3, 0.4) is 0 Å². The minimum Gasteiger partial charge on any atom is -0.314 e. The summed E-state index contributed by atoms with van der Waals surface area (Å²) in [6, 6.07) is 0.853. The Labute approximate surface area is 134 Å². The van der Waals surface area contributed by atoms with Crippen molar-refractivity contribution in [2.24, 2.45) is 0 Å². The molecule has 126 valence electrons. The van der Waals surface area contributed by atoms with Crippen molar-refractivity contribution in [2.45, 2.75) is 122 Å². The van der Waals surface area contributed by atoms with Crippen LogP contribution in [0, 0.1) is 0 Å². The van der Waals surface area contributed by atoms with Crippen molar-refractivity contribution < 1.29 is 0 Å². The Bertz CT molecular complexity index is 196. The molecule has 1 fully saturated rings. The van der Waals surface area contributed by atoms with Crippen LogP contribution in [0.5, 0.6) is 0 Å². The van der Waals surface area contributed by atoms with E-state index in [0.717, 1.165) is 6.04 Å². The fraction of sp³-hybridized carbons (Fsp3) is 1.00. The Morgan fingerprint density at radius 1 is 0.619 bits per heavy atom. The van der Waals surface area contributed by atoms with E-state index in [9.17, 15) is 0 Å². The van der Waals surface area contributed by atoms with Gasteiger partial charge in [0, 0.05) is 6.04 Å². The molecule has 1 rings (SSSR count). The standard InChI is InChI=1S/C20H41N/c1-2-3-4-5-6-7-8-9-10-11-12-16-19-21-20-17-14-13-15-18-20/h20-21H,2-19H2,1H3. The molecule has 1 aliphatic carbocycles. The summed E-state index contributed by atoms with van der Waals surface area (Å²) in [5.74, 6) is 0. The largest absolute Gasteiger partial charge is 0.314 e. The minimum absolute atomic E-state index is 0.853. The smallest absolute Gasteiger partial charge is 0.00670 e. The Morgan fingerprint density at radius 3 is 1.62 bits per heavy atom. The highest BCUT2D eigenvalue weighted by molar-refractivity contribution is 4.71. The molecule has 0 heterocycles. The molecule has 21 heavy (non-hydrogen) atoms. The first kappa shape index (κ1) is 19.0. The molecule has 1 saturated carbocycles. The first-order valence-corrected chi connectivity index (χ1v) is 10.2. The van der Waals surface area contributed by atoms with Crippen molar-refractivity contribution in [1.29, 1.82) is 0 Å². The molecule has 0 atom stereocenters. The van der Waals surface area contributed by atoms with E-state index in [1.165, 1.54) is 116 Å². The summed E-state index contributed by atoms with van der Waals surface area (Å²) in [4.78, 5) is 0. The van der Waals surface area contributed by atoms with E-state index < -0.39 is 0 Å². The van der Waals surface area contributed by atoms with Gasteiger partial charge in [0.05, 0.1) is 0 Å². The summed E-state index contributed by atoms with van der Waals surface area (Å²) in [5.41, 5.74) is 0. The van der Waals surface area contributed by atoms with Gasteiger partial charge in [0.15, 0.2) is 0 Å². The normalized spacial score (nSPS) is 16.4. The fourth-order valence-corrected chi connectivity index (χ4v) is 3.58. The Balaban J connectivity index is 1.69. The zero-order valence-corrected chi connectivity index (χ0v) is 14.8. The van der Waals surface area contributed by atoms with Crippen LogP contribution in [0.15, 0.2) is 0 Å². The molecule has 0 amide bonds. The summed E-state index contributed by atoms with van der Waals surface area (Å²) >= 11 is 0. The van der Waals surface area contributed by atoms with E-state index >= 15 is 0 Å². The quantitative estimate of drug-likeness (QED) is 0.355. The van der Waals surface area contributed by atoms with Gasteiger partial charge in [-0.25, -0.2) is 0 Å². The number of nitrogens with one attached hydrogen (secondary N) is 1. The second kappa shape index (κ2) is 14.9. The lowest BCUT2D eigenvalue weighted by atomic mass is 9.95. The van der Waals surface area contributed by atoms with Gasteiger partial charge < -0.3 is 5.32 Å². The lowest BCUT2D eigenvalue weighted by Crippen LogP contribution is -2.31. The molecule has 0 aliphatic heterocycles. The van der Waals surface area contributed by atoms with Gasteiger partial charge in [-0.3, -0.25) is 0 Å². The first-order valence-electron chi connectivity index (χ1n) is 10.2. The SMILES string of the molecule is CCCCCCCCCCCCCCNC1CCCCC1. The third-order valence-electron chi connectivity index (χ3n) is 5.07. The lowest BCUT2D eigenvalue weighted by molar-refractivity contribution is 0.369. The van der Waals surface area contributed by atoms with Gasteiger partial charge in [0.25, 0.3) is 0 Å². The van der Waals surface area contributed by atoms with Crippen molar-refractivity contribution in [1.82, 2.24) is 5.32 Å². The average Bonchev–Trinajstić information content (AvgIpc) is 2.53. The predicted molar refractivity (Wildman–Crippen MR) is 96.0 cm³/mol. The van der Waals surface area contributed by atoms with Gasteiger partial charge in [0.1, 0.15) is 0 Å². The van der Waals surface area contributed by atoms with Crippen LogP contribution in [0.1, 0.15) is 116 Å². The maximum absolute atomic E-state index is 3.76. The second-order valence-electron chi connectivity index (χ2n) is 7.18. The number of hydrogen-bond acceptors (Lipinski definition) is 1. The van der Waals surface area contributed by atoms with E-state index in [2.05, 4.69) is 12.2 Å². The first-order chi connectivity index (χ1) is 10.4. The predicted octanol–water partition coefficient (Wildman–Crippen LogP) is 6.61. The van der Waals surface area contributed by atoms with Crippen LogP contribution >= 0.6 is 0 Å². The highest BCUT2D eigenvalue weighted by atomic mass is 14.9. The van der Waals surface area contributed by atoms with E-state index in [1.54, 1.807) is 0 Å². The van der Waals surface area contributed by atoms with Gasteiger partial charge >= 0.3 is 0 Å². The summed E-state index contributed by atoms with van der Waals surface area (Å²) in [7, 11) is 0. The molecule has 0 unspecified atom stereocenters. The summed E-state index contributed by atoms with van der Waals surface area (Å²) < 4.78 is 0. The fourth-order valence-electron chi connectivity index (χ4n) is 3.58. The Kier molecular flexibility index (Phi) is 13.5. The van der Waals surface area contributed by atoms with Crippen LogP contribution in [0.2, 0.25) is 0 Å². The van der Waals surface area contributed by atoms with Crippen molar-refractivity contribution >= 4 is 0 Å². The monoisotopic (exact) mass is 295 g/mol. The topological polar surface area (TPSA) is 12.0 Å². The molecular formula is C20H41N. The second-order valence-corrected chi connectivity index (χ2v) is 7.18. The number of hydrogen-bond donors (Lipinski definition) is 1. The maximum atomic E-state index is 3.76. The van der Waals surface area contributed by atoms with Crippen LogP contribution < -0.4 is 5.32 Å². The summed E-state index contributed by atoms with van der Waals surface area (Å²) in [6.07, 6.45) is 24.7. The molecule has 1 N–H and O–H groups in total. The highest BCUT2D eigenvalue weighted by Gasteiger charge is 2.11. The summed E-state index contributed by atoms with van der Waals surface area (Å²) in [5, 5.41) is 3.76. The third-order valence-corrected chi connectivity index (χ3v) is 5.07. The molecule has 0 aromatic rings. The van der Waals surface area contributed by atoms with Crippen molar-refractivity contribution in [3.05, 3.63) is 0 Å². The maximum Gasteiger partial charge on any atom is 0.00670 e. The zero-order valence-electron chi connectivity index (χ0n) is 14.8. The third kappa shape index (κ3) is 12.2. The van der Waals surface area contributed by atoms with E-state index in [1.807, 2.05) is 0 Å². The molecule has 0 aromatic heterocycles. The van der Waals surface area contributed by atoms with E-state index in [-0.39, 0.29) is 0 Å². The highest BCUT2D eigenvalue weighted by Crippen LogP contribution is 2.17. The van der Waals surface area contributed by atoms with E-state index in [0.29, 0.717) is 0 Å². The van der Waals surface area contributed by atoms with Crippen molar-refractivity contribution in [3.8, 4) is 0 Å². The van der Waals surface area contributed by atoms with Crippen molar-refractivity contribution in [3.63, 3.8) is 0 Å². The molecule has 1 heteroatoms. The summed E-state index contributed by atoms with van der Waals surface area (Å²) in [6.45, 7) is 3.56. The zero-order chi connectivity index (χ0) is 15.0. The minimum atomic E-state index is 0.853. The van der Waals surface area contributed by atoms with E-state index in [4.69, 9.17) is 0 Å². The van der Waals surface area contributed by atoms with Gasteiger partial charge in [-0.2, -0.15) is 0 Å². The van der Waals surface area contributed by atoms with Gasteiger partial charge in [0.2, 0.25) is 0 Å². The molecule has 1 aliphatic rings. The molecule has 0 bridgehead atoms. The van der Waals surface area contributed by atoms with Crippen LogP contribution in [-0.2, 0) is 0 Å². The van der Waals surface area contributed by atoms with Gasteiger partial charge in [-0.05, 0) is 25.8 Å². The number of unbranched alkanes of at least 4 members (excludes halogenated alkanes) is 11. The molecule has 0 aromatic carbocycles. The van der Waals surface area contributed by atoms with Crippen LogP contribution in [0.25, 0.3) is 0 Å². The van der Waals surface area contributed by atoms with Gasteiger partial charge in [-0.15, -0.1) is 0 Å². The average molecular weight is 296 g/mol.